The van der Waals surface area contributed by atoms with Gasteiger partial charge in [0.05, 0.1) is 30.2 Å². The maximum absolute atomic E-state index is 11.0. The molecule has 0 spiro atoms. The number of hydrogen-bond donors (Lipinski definition) is 2. The van der Waals surface area contributed by atoms with Gasteiger partial charge in [0, 0.05) is 18.0 Å². The van der Waals surface area contributed by atoms with Gasteiger partial charge in [-0.2, -0.15) is 5.10 Å². The number of aromatic amines is 1. The summed E-state index contributed by atoms with van der Waals surface area (Å²) in [6.45, 7) is 0.552. The van der Waals surface area contributed by atoms with Crippen molar-refractivity contribution >= 4 is 5.97 Å². The molecule has 7 nitrogen and oxygen atoms in total. The highest BCUT2D eigenvalue weighted by Crippen LogP contribution is 2.25. The van der Waals surface area contributed by atoms with Crippen LogP contribution in [0.25, 0.3) is 33.9 Å². The maximum Gasteiger partial charge on any atom is 0.335 e. The summed E-state index contributed by atoms with van der Waals surface area (Å²) >= 11 is 0. The molecular weight excluding hydrogens is 402 g/mol. The molecule has 0 saturated heterocycles. The molecule has 156 valence electrons. The first-order valence-corrected chi connectivity index (χ1v) is 10.1. The van der Waals surface area contributed by atoms with E-state index in [1.165, 1.54) is 0 Å². The number of benzene rings is 2. The van der Waals surface area contributed by atoms with Gasteiger partial charge in [-0.05, 0) is 41.0 Å². The van der Waals surface area contributed by atoms with Crippen molar-refractivity contribution in [1.82, 2.24) is 24.7 Å². The number of hydrogen-bond acceptors (Lipinski definition) is 4. The van der Waals surface area contributed by atoms with Crippen molar-refractivity contribution in [2.75, 3.05) is 0 Å². The Bertz CT molecular complexity index is 1370. The van der Waals surface area contributed by atoms with Gasteiger partial charge in [0.1, 0.15) is 5.69 Å². The molecule has 0 bridgehead atoms. The summed E-state index contributed by atoms with van der Waals surface area (Å²) < 4.78 is 1.83. The Kier molecular flexibility index (Phi) is 5.05. The molecule has 3 heterocycles. The summed E-state index contributed by atoms with van der Waals surface area (Å²) in [5, 5.41) is 13.5. The lowest BCUT2D eigenvalue weighted by Crippen LogP contribution is -2.01. The van der Waals surface area contributed by atoms with Crippen LogP contribution in [0.2, 0.25) is 0 Å². The smallest absolute Gasteiger partial charge is 0.335 e. The maximum atomic E-state index is 11.0. The largest absolute Gasteiger partial charge is 0.478 e. The van der Waals surface area contributed by atoms with Crippen LogP contribution in [0.3, 0.4) is 0 Å². The number of nitrogens with zero attached hydrogens (tertiary/aromatic N) is 4. The fourth-order valence-electron chi connectivity index (χ4n) is 3.49. The van der Waals surface area contributed by atoms with Crippen LogP contribution in [0.1, 0.15) is 15.9 Å². The van der Waals surface area contributed by atoms with Crippen molar-refractivity contribution in [3.63, 3.8) is 0 Å². The number of H-pyrrole nitrogens is 1. The Labute approximate surface area is 184 Å². The highest BCUT2D eigenvalue weighted by molar-refractivity contribution is 5.87. The quantitative estimate of drug-likeness (QED) is 0.412. The Morgan fingerprint density at radius 1 is 0.906 bits per heavy atom. The van der Waals surface area contributed by atoms with Crippen LogP contribution in [0.4, 0.5) is 0 Å². The molecule has 0 atom stereocenters. The van der Waals surface area contributed by atoms with Crippen molar-refractivity contribution in [2.45, 2.75) is 6.54 Å². The van der Waals surface area contributed by atoms with Crippen molar-refractivity contribution in [3.8, 4) is 33.9 Å². The van der Waals surface area contributed by atoms with E-state index in [9.17, 15) is 4.79 Å². The van der Waals surface area contributed by atoms with Gasteiger partial charge in [0.2, 0.25) is 0 Å². The van der Waals surface area contributed by atoms with E-state index < -0.39 is 5.97 Å². The Morgan fingerprint density at radius 3 is 2.50 bits per heavy atom. The third-order valence-corrected chi connectivity index (χ3v) is 5.18. The Balaban J connectivity index is 1.36. The lowest BCUT2D eigenvalue weighted by molar-refractivity contribution is 0.0697. The summed E-state index contributed by atoms with van der Waals surface area (Å²) in [6, 6.07) is 20.8. The lowest BCUT2D eigenvalue weighted by atomic mass is 10.1. The van der Waals surface area contributed by atoms with E-state index in [2.05, 4.69) is 20.1 Å². The highest BCUT2D eigenvalue weighted by Gasteiger charge is 2.10. The van der Waals surface area contributed by atoms with Crippen LogP contribution in [0.5, 0.6) is 0 Å². The summed E-state index contributed by atoms with van der Waals surface area (Å²) in [6.07, 6.45) is 7.34. The van der Waals surface area contributed by atoms with E-state index in [0.29, 0.717) is 12.4 Å². The van der Waals surface area contributed by atoms with Gasteiger partial charge in [-0.1, -0.05) is 42.5 Å². The molecule has 32 heavy (non-hydrogen) atoms. The van der Waals surface area contributed by atoms with Gasteiger partial charge < -0.3 is 10.1 Å². The average molecular weight is 421 g/mol. The molecule has 0 radical (unpaired) electrons. The predicted octanol–water partition coefficient (Wildman–Crippen LogP) is 4.75. The van der Waals surface area contributed by atoms with E-state index >= 15 is 0 Å². The minimum Gasteiger partial charge on any atom is -0.478 e. The molecule has 0 amide bonds. The monoisotopic (exact) mass is 421 g/mol. The zero-order chi connectivity index (χ0) is 21.9. The molecule has 0 aliphatic rings. The van der Waals surface area contributed by atoms with Crippen LogP contribution >= 0.6 is 0 Å². The second kappa shape index (κ2) is 8.31. The number of carbonyl (C=O) groups is 1. The van der Waals surface area contributed by atoms with E-state index in [0.717, 1.165) is 33.6 Å². The van der Waals surface area contributed by atoms with Crippen LogP contribution in [0.15, 0.2) is 91.5 Å². The van der Waals surface area contributed by atoms with Crippen molar-refractivity contribution < 1.29 is 9.90 Å². The summed E-state index contributed by atoms with van der Waals surface area (Å²) in [7, 11) is 0. The second-order valence-corrected chi connectivity index (χ2v) is 7.37. The topological polar surface area (TPSA) is 96.7 Å². The summed E-state index contributed by atoms with van der Waals surface area (Å²) in [4.78, 5) is 23.3. The first-order valence-electron chi connectivity index (χ1n) is 10.1. The standard InChI is InChI=1S/C25H19N5O2/c31-25(32)19-8-6-17(7-9-19)15-30-16-21(13-28-30)20-10-11-26-22(12-20)24-27-14-23(29-24)18-4-2-1-3-5-18/h1-14,16H,15H2,(H,27,29)(H,31,32). The molecular formula is C25H19N5O2. The van der Waals surface area contributed by atoms with E-state index in [-0.39, 0.29) is 5.56 Å². The van der Waals surface area contributed by atoms with Gasteiger partial charge in [-0.25, -0.2) is 9.78 Å². The molecule has 0 fully saturated rings. The lowest BCUT2D eigenvalue weighted by Gasteiger charge is -2.03. The SMILES string of the molecule is O=C(O)c1ccc(Cn2cc(-c3ccnc(-c4ncc(-c5ccccc5)[nH]4)c3)cn2)cc1. The zero-order valence-corrected chi connectivity index (χ0v) is 17.0. The predicted molar refractivity (Wildman–Crippen MR) is 121 cm³/mol. The van der Waals surface area contributed by atoms with Gasteiger partial charge in [0.25, 0.3) is 0 Å². The van der Waals surface area contributed by atoms with Crippen LogP contribution < -0.4 is 0 Å². The van der Waals surface area contributed by atoms with Crippen molar-refractivity contribution in [1.29, 1.82) is 0 Å². The molecule has 0 saturated carbocycles. The fourth-order valence-corrected chi connectivity index (χ4v) is 3.49. The first-order chi connectivity index (χ1) is 15.7. The molecule has 7 heteroatoms. The molecule has 3 aromatic heterocycles. The molecule has 5 aromatic rings. The zero-order valence-electron chi connectivity index (χ0n) is 17.0. The van der Waals surface area contributed by atoms with Crippen LogP contribution in [-0.2, 0) is 6.54 Å². The van der Waals surface area contributed by atoms with E-state index in [4.69, 9.17) is 5.11 Å². The number of carboxylic acid groups (broad SMARTS) is 1. The van der Waals surface area contributed by atoms with Crippen LogP contribution in [0, 0.1) is 0 Å². The van der Waals surface area contributed by atoms with Gasteiger partial charge in [-0.15, -0.1) is 0 Å². The molecule has 5 rings (SSSR count). The van der Waals surface area contributed by atoms with E-state index in [1.54, 1.807) is 30.5 Å². The molecule has 2 N–H and O–H groups in total. The Hall–Kier alpha value is -4.52. The third-order valence-electron chi connectivity index (χ3n) is 5.18. The Morgan fingerprint density at radius 2 is 1.72 bits per heavy atom. The van der Waals surface area contributed by atoms with Crippen molar-refractivity contribution in [3.05, 3.63) is 103 Å². The number of nitrogens with one attached hydrogen (secondary N) is 1. The molecule has 2 aromatic carbocycles. The molecule has 0 aliphatic heterocycles. The second-order valence-electron chi connectivity index (χ2n) is 7.37. The number of aromatic nitrogens is 5. The summed E-state index contributed by atoms with van der Waals surface area (Å²) in [5.41, 5.74) is 5.96. The van der Waals surface area contributed by atoms with Crippen LogP contribution in [-0.4, -0.2) is 35.8 Å². The number of aromatic carboxylic acids is 1. The molecule has 0 aliphatic carbocycles. The highest BCUT2D eigenvalue weighted by atomic mass is 16.4. The minimum atomic E-state index is -0.932. The fraction of sp³-hybridized carbons (Fsp3) is 0.0400. The normalized spacial score (nSPS) is 10.9. The average Bonchev–Trinajstić information content (AvgIpc) is 3.50. The summed E-state index contributed by atoms with van der Waals surface area (Å²) in [5.74, 6) is -0.226. The van der Waals surface area contributed by atoms with E-state index in [1.807, 2.05) is 65.7 Å². The number of pyridine rings is 1. The van der Waals surface area contributed by atoms with Crippen molar-refractivity contribution in [2.24, 2.45) is 0 Å². The third kappa shape index (κ3) is 4.04. The first kappa shape index (κ1) is 19.4. The van der Waals surface area contributed by atoms with Gasteiger partial charge >= 0.3 is 5.97 Å². The molecule has 0 unspecified atom stereocenters. The number of rotatable bonds is 6. The van der Waals surface area contributed by atoms with Gasteiger partial charge in [0.15, 0.2) is 5.82 Å². The number of carboxylic acids is 1. The number of imidazole rings is 1. The minimum absolute atomic E-state index is 0.271. The van der Waals surface area contributed by atoms with Gasteiger partial charge in [-0.3, -0.25) is 9.67 Å².